The Kier molecular flexibility index (Phi) is 6.83. The number of hydrogen-bond donors (Lipinski definition) is 2. The van der Waals surface area contributed by atoms with Gasteiger partial charge in [-0.2, -0.15) is 0 Å². The van der Waals surface area contributed by atoms with E-state index in [9.17, 15) is 9.59 Å². The third-order valence-corrected chi connectivity index (χ3v) is 3.49. The number of ether oxygens (including phenoxy) is 2. The zero-order valence-electron chi connectivity index (χ0n) is 13.9. The van der Waals surface area contributed by atoms with E-state index in [0.29, 0.717) is 48.6 Å². The first kappa shape index (κ1) is 18.3. The second-order valence-corrected chi connectivity index (χ2v) is 5.65. The summed E-state index contributed by atoms with van der Waals surface area (Å²) in [5.41, 5.74) is 12.4. The van der Waals surface area contributed by atoms with Crippen LogP contribution in [-0.4, -0.2) is 11.9 Å². The molecule has 0 amide bonds. The highest BCUT2D eigenvalue weighted by Crippen LogP contribution is 2.16. The molecule has 6 nitrogen and oxygen atoms in total. The van der Waals surface area contributed by atoms with Crippen LogP contribution in [0, 0.1) is 0 Å². The second-order valence-electron chi connectivity index (χ2n) is 5.65. The molecule has 0 fully saturated rings. The van der Waals surface area contributed by atoms with Crippen LogP contribution in [0.3, 0.4) is 0 Å². The summed E-state index contributed by atoms with van der Waals surface area (Å²) >= 11 is 0. The molecule has 0 spiro atoms. The molecule has 0 aliphatic heterocycles. The maximum atomic E-state index is 11.7. The number of benzene rings is 2. The van der Waals surface area contributed by atoms with Crippen molar-refractivity contribution >= 4 is 23.3 Å². The summed E-state index contributed by atoms with van der Waals surface area (Å²) in [6.07, 6.45) is 2.66. The van der Waals surface area contributed by atoms with Crippen molar-refractivity contribution in [3.05, 3.63) is 48.5 Å². The minimum atomic E-state index is -0.297. The lowest BCUT2D eigenvalue weighted by Crippen LogP contribution is -2.09. The van der Waals surface area contributed by atoms with Crippen LogP contribution < -0.4 is 20.9 Å². The first-order valence-corrected chi connectivity index (χ1v) is 8.15. The molecule has 0 aliphatic rings. The lowest BCUT2D eigenvalue weighted by molar-refractivity contribution is -0.134. The average molecular weight is 342 g/mol. The molecule has 0 aromatic heterocycles. The predicted molar refractivity (Wildman–Crippen MR) is 96.1 cm³/mol. The third kappa shape index (κ3) is 6.95. The van der Waals surface area contributed by atoms with Crippen LogP contribution in [-0.2, 0) is 9.59 Å². The van der Waals surface area contributed by atoms with Gasteiger partial charge in [0.2, 0.25) is 0 Å². The molecule has 0 atom stereocenters. The van der Waals surface area contributed by atoms with Crippen LogP contribution in [0.1, 0.15) is 32.1 Å². The summed E-state index contributed by atoms with van der Waals surface area (Å²) < 4.78 is 10.4. The summed E-state index contributed by atoms with van der Waals surface area (Å²) in [5.74, 6) is 0.362. The van der Waals surface area contributed by atoms with Crippen LogP contribution in [0.15, 0.2) is 48.5 Å². The highest BCUT2D eigenvalue weighted by atomic mass is 16.5. The highest BCUT2D eigenvalue weighted by molar-refractivity contribution is 5.73. The van der Waals surface area contributed by atoms with Crippen LogP contribution >= 0.6 is 0 Å². The third-order valence-electron chi connectivity index (χ3n) is 3.49. The molecular formula is C19H22N2O4. The Morgan fingerprint density at radius 1 is 0.640 bits per heavy atom. The zero-order valence-corrected chi connectivity index (χ0v) is 13.9. The number of esters is 2. The van der Waals surface area contributed by atoms with Crippen LogP contribution in [0.25, 0.3) is 0 Å². The maximum absolute atomic E-state index is 11.7. The standard InChI is InChI=1S/C19H22N2O4/c20-14-6-10-16(11-7-14)24-18(22)4-2-1-3-5-19(23)25-17-12-8-15(21)9-13-17/h6-13H,1-5,20-21H2. The van der Waals surface area contributed by atoms with Crippen molar-refractivity contribution in [1.29, 1.82) is 0 Å². The Bertz CT molecular complexity index is 635. The van der Waals surface area contributed by atoms with Crippen molar-refractivity contribution in [2.75, 3.05) is 11.5 Å². The van der Waals surface area contributed by atoms with Gasteiger partial charge in [-0.15, -0.1) is 0 Å². The highest BCUT2D eigenvalue weighted by Gasteiger charge is 2.07. The zero-order chi connectivity index (χ0) is 18.1. The monoisotopic (exact) mass is 342 g/mol. The van der Waals surface area contributed by atoms with E-state index < -0.39 is 0 Å². The Labute approximate surface area is 146 Å². The van der Waals surface area contributed by atoms with Crippen LogP contribution in [0.2, 0.25) is 0 Å². The van der Waals surface area contributed by atoms with Gasteiger partial charge in [-0.05, 0) is 61.4 Å². The van der Waals surface area contributed by atoms with E-state index in [1.807, 2.05) is 0 Å². The quantitative estimate of drug-likeness (QED) is 0.330. The molecule has 0 aliphatic carbocycles. The van der Waals surface area contributed by atoms with Gasteiger partial charge in [0.05, 0.1) is 0 Å². The maximum Gasteiger partial charge on any atom is 0.311 e. The van der Waals surface area contributed by atoms with Gasteiger partial charge in [0.25, 0.3) is 0 Å². The molecule has 0 saturated carbocycles. The Morgan fingerprint density at radius 2 is 1.00 bits per heavy atom. The molecule has 6 heteroatoms. The Morgan fingerprint density at radius 3 is 1.36 bits per heavy atom. The molecular weight excluding hydrogens is 320 g/mol. The minimum absolute atomic E-state index is 0.297. The van der Waals surface area contributed by atoms with E-state index in [4.69, 9.17) is 20.9 Å². The molecule has 2 aromatic rings. The van der Waals surface area contributed by atoms with Gasteiger partial charge < -0.3 is 20.9 Å². The van der Waals surface area contributed by atoms with Crippen molar-refractivity contribution in [3.63, 3.8) is 0 Å². The molecule has 2 aromatic carbocycles. The van der Waals surface area contributed by atoms with Crippen LogP contribution in [0.5, 0.6) is 11.5 Å². The average Bonchev–Trinajstić information content (AvgIpc) is 2.59. The van der Waals surface area contributed by atoms with Gasteiger partial charge in [0.15, 0.2) is 0 Å². The number of unbranched alkanes of at least 4 members (excludes halogenated alkanes) is 2. The smallest absolute Gasteiger partial charge is 0.311 e. The summed E-state index contributed by atoms with van der Waals surface area (Å²) in [6.45, 7) is 0. The van der Waals surface area contributed by atoms with E-state index in [0.717, 1.165) is 6.42 Å². The van der Waals surface area contributed by atoms with Gasteiger partial charge in [0, 0.05) is 24.2 Å². The Hall–Kier alpha value is -3.02. The lowest BCUT2D eigenvalue weighted by Gasteiger charge is -2.05. The number of carbonyl (C=O) groups is 2. The fourth-order valence-corrected chi connectivity index (χ4v) is 2.15. The van der Waals surface area contributed by atoms with Gasteiger partial charge in [0.1, 0.15) is 11.5 Å². The summed E-state index contributed by atoms with van der Waals surface area (Å²) in [7, 11) is 0. The molecule has 0 radical (unpaired) electrons. The number of hydrogen-bond acceptors (Lipinski definition) is 6. The molecule has 0 unspecified atom stereocenters. The molecule has 0 bridgehead atoms. The van der Waals surface area contributed by atoms with Crippen molar-refractivity contribution in [2.24, 2.45) is 0 Å². The number of carbonyl (C=O) groups excluding carboxylic acids is 2. The van der Waals surface area contributed by atoms with Crippen molar-refractivity contribution < 1.29 is 19.1 Å². The van der Waals surface area contributed by atoms with E-state index in [2.05, 4.69) is 0 Å². The summed E-state index contributed by atoms with van der Waals surface area (Å²) in [4.78, 5) is 23.4. The van der Waals surface area contributed by atoms with Gasteiger partial charge in [-0.25, -0.2) is 0 Å². The normalized spacial score (nSPS) is 10.2. The largest absolute Gasteiger partial charge is 0.427 e. The number of rotatable bonds is 8. The van der Waals surface area contributed by atoms with Gasteiger partial charge in [-0.3, -0.25) is 9.59 Å². The Balaban J connectivity index is 1.57. The van der Waals surface area contributed by atoms with E-state index in [1.54, 1.807) is 48.5 Å². The van der Waals surface area contributed by atoms with Crippen molar-refractivity contribution in [1.82, 2.24) is 0 Å². The molecule has 0 saturated heterocycles. The summed E-state index contributed by atoms with van der Waals surface area (Å²) in [6, 6.07) is 13.3. The van der Waals surface area contributed by atoms with Crippen molar-refractivity contribution in [2.45, 2.75) is 32.1 Å². The van der Waals surface area contributed by atoms with Crippen LogP contribution in [0.4, 0.5) is 11.4 Å². The predicted octanol–water partition coefficient (Wildman–Crippen LogP) is 3.31. The first-order chi connectivity index (χ1) is 12.0. The van der Waals surface area contributed by atoms with Gasteiger partial charge >= 0.3 is 11.9 Å². The van der Waals surface area contributed by atoms with Gasteiger partial charge in [-0.1, -0.05) is 6.42 Å². The first-order valence-electron chi connectivity index (χ1n) is 8.15. The molecule has 4 N–H and O–H groups in total. The minimum Gasteiger partial charge on any atom is -0.427 e. The number of nitrogen functional groups attached to an aromatic ring is 2. The lowest BCUT2D eigenvalue weighted by atomic mass is 10.1. The van der Waals surface area contributed by atoms with Crippen molar-refractivity contribution in [3.8, 4) is 11.5 Å². The van der Waals surface area contributed by atoms with E-state index in [-0.39, 0.29) is 11.9 Å². The molecule has 25 heavy (non-hydrogen) atoms. The summed E-state index contributed by atoms with van der Waals surface area (Å²) in [5, 5.41) is 0. The number of nitrogens with two attached hydrogens (primary N) is 2. The molecule has 132 valence electrons. The fraction of sp³-hybridized carbons (Fsp3) is 0.263. The van der Waals surface area contributed by atoms with E-state index >= 15 is 0 Å². The number of anilines is 2. The second kappa shape index (κ2) is 9.32. The SMILES string of the molecule is Nc1ccc(OC(=O)CCCCCC(=O)Oc2ccc(N)cc2)cc1. The fourth-order valence-electron chi connectivity index (χ4n) is 2.15. The van der Waals surface area contributed by atoms with E-state index in [1.165, 1.54) is 0 Å². The molecule has 2 rings (SSSR count). The molecule has 0 heterocycles. The topological polar surface area (TPSA) is 105 Å².